The van der Waals surface area contributed by atoms with E-state index in [4.69, 9.17) is 4.74 Å². The molecule has 1 aliphatic heterocycles. The van der Waals surface area contributed by atoms with Crippen molar-refractivity contribution in [3.63, 3.8) is 0 Å². The number of hydrogen-bond acceptors (Lipinski definition) is 4. The van der Waals surface area contributed by atoms with Crippen LogP contribution in [-0.2, 0) is 14.3 Å². The number of nitrogens with one attached hydrogen (secondary N) is 1. The zero-order valence-electron chi connectivity index (χ0n) is 17.4. The second-order valence-electron chi connectivity index (χ2n) is 8.88. The Balaban J connectivity index is 1.88. The topological polar surface area (TPSA) is 75.7 Å². The Morgan fingerprint density at radius 1 is 1.21 bits per heavy atom. The summed E-state index contributed by atoms with van der Waals surface area (Å²) < 4.78 is 5.63. The Hall–Kier alpha value is -2.63. The number of hydrogen-bond donors (Lipinski definition) is 1. The van der Waals surface area contributed by atoms with Crippen LogP contribution in [0.25, 0.3) is 0 Å². The summed E-state index contributed by atoms with van der Waals surface area (Å²) in [7, 11) is 0. The van der Waals surface area contributed by atoms with E-state index in [2.05, 4.69) is 11.9 Å². The van der Waals surface area contributed by atoms with E-state index in [1.807, 2.05) is 20.8 Å². The van der Waals surface area contributed by atoms with Crippen LogP contribution in [0.5, 0.6) is 0 Å². The van der Waals surface area contributed by atoms with Gasteiger partial charge >= 0.3 is 5.97 Å². The highest BCUT2D eigenvalue weighted by molar-refractivity contribution is 6.01. The number of rotatable bonds is 4. The number of ether oxygens (including phenoxy) is 1. The van der Waals surface area contributed by atoms with Crippen molar-refractivity contribution in [2.75, 3.05) is 5.32 Å². The first kappa shape index (κ1) is 21.1. The van der Waals surface area contributed by atoms with Crippen molar-refractivity contribution in [1.29, 1.82) is 0 Å². The molecule has 1 saturated heterocycles. The number of carbonyl (C=O) groups excluding carboxylic acids is 3. The van der Waals surface area contributed by atoms with Gasteiger partial charge in [-0.05, 0) is 70.2 Å². The van der Waals surface area contributed by atoms with Crippen LogP contribution in [0, 0.1) is 5.92 Å². The van der Waals surface area contributed by atoms with Gasteiger partial charge in [0.1, 0.15) is 11.6 Å². The fourth-order valence-corrected chi connectivity index (χ4v) is 4.40. The highest BCUT2D eigenvalue weighted by atomic mass is 16.6. The van der Waals surface area contributed by atoms with Crippen molar-refractivity contribution < 1.29 is 19.1 Å². The van der Waals surface area contributed by atoms with Crippen LogP contribution in [0.1, 0.15) is 63.2 Å². The molecule has 0 spiro atoms. The Kier molecular flexibility index (Phi) is 6.10. The lowest BCUT2D eigenvalue weighted by atomic mass is 9.84. The molecule has 0 radical (unpaired) electrons. The summed E-state index contributed by atoms with van der Waals surface area (Å²) in [6.07, 6.45) is 5.96. The van der Waals surface area contributed by atoms with Crippen molar-refractivity contribution in [2.45, 2.75) is 70.6 Å². The van der Waals surface area contributed by atoms with Crippen molar-refractivity contribution in [1.82, 2.24) is 4.90 Å². The molecule has 0 aromatic heterocycles. The molecule has 1 heterocycles. The minimum absolute atomic E-state index is 0.0557. The van der Waals surface area contributed by atoms with Gasteiger partial charge in [-0.2, -0.15) is 0 Å². The summed E-state index contributed by atoms with van der Waals surface area (Å²) >= 11 is 0. The van der Waals surface area contributed by atoms with E-state index in [1.165, 1.54) is 6.08 Å². The molecule has 2 amide bonds. The Bertz CT molecular complexity index is 811. The SMILES string of the molecule is C=CC(=O)Nc1cccc(C(=O)N2[C@H](C(=O)OC(C)(C)C)C[C@@H]3CCCC[C@@H]32)c1. The van der Waals surface area contributed by atoms with Crippen LogP contribution in [0.4, 0.5) is 5.69 Å². The number of benzene rings is 1. The smallest absolute Gasteiger partial charge is 0.329 e. The molecule has 1 N–H and O–H groups in total. The number of amides is 2. The molecule has 1 aromatic carbocycles. The summed E-state index contributed by atoms with van der Waals surface area (Å²) in [5.74, 6) is -0.537. The zero-order valence-corrected chi connectivity index (χ0v) is 17.4. The van der Waals surface area contributed by atoms with E-state index in [0.29, 0.717) is 23.6 Å². The van der Waals surface area contributed by atoms with Gasteiger partial charge in [0.05, 0.1) is 0 Å². The first-order valence-electron chi connectivity index (χ1n) is 10.3. The van der Waals surface area contributed by atoms with Crippen LogP contribution in [0.2, 0.25) is 0 Å². The molecule has 29 heavy (non-hydrogen) atoms. The molecular formula is C23H30N2O4. The van der Waals surface area contributed by atoms with Crippen LogP contribution in [0.3, 0.4) is 0 Å². The van der Waals surface area contributed by atoms with Crippen LogP contribution < -0.4 is 5.32 Å². The van der Waals surface area contributed by atoms with Gasteiger partial charge in [-0.15, -0.1) is 0 Å². The molecule has 6 heteroatoms. The van der Waals surface area contributed by atoms with E-state index in [0.717, 1.165) is 25.7 Å². The first-order valence-corrected chi connectivity index (χ1v) is 10.3. The Labute approximate surface area is 172 Å². The lowest BCUT2D eigenvalue weighted by Gasteiger charge is -2.34. The van der Waals surface area contributed by atoms with E-state index in [-0.39, 0.29) is 23.8 Å². The highest BCUT2D eigenvalue weighted by Crippen LogP contribution is 2.41. The summed E-state index contributed by atoms with van der Waals surface area (Å²) in [6.45, 7) is 8.96. The average molecular weight is 399 g/mol. The van der Waals surface area contributed by atoms with Gasteiger partial charge in [-0.25, -0.2) is 4.79 Å². The maximum absolute atomic E-state index is 13.5. The van der Waals surface area contributed by atoms with Gasteiger partial charge in [-0.1, -0.05) is 25.5 Å². The molecule has 2 aliphatic rings. The van der Waals surface area contributed by atoms with Crippen molar-refractivity contribution in [3.05, 3.63) is 42.5 Å². The quantitative estimate of drug-likeness (QED) is 0.616. The molecule has 2 fully saturated rings. The molecule has 1 aromatic rings. The lowest BCUT2D eigenvalue weighted by Crippen LogP contribution is -2.47. The number of nitrogens with zero attached hydrogens (tertiary/aromatic N) is 1. The van der Waals surface area contributed by atoms with Gasteiger partial charge in [0.2, 0.25) is 5.91 Å². The fourth-order valence-electron chi connectivity index (χ4n) is 4.40. The summed E-state index contributed by atoms with van der Waals surface area (Å²) in [5, 5.41) is 2.68. The van der Waals surface area contributed by atoms with Crippen molar-refractivity contribution in [2.24, 2.45) is 5.92 Å². The largest absolute Gasteiger partial charge is 0.458 e. The maximum atomic E-state index is 13.5. The third kappa shape index (κ3) is 4.86. The molecular weight excluding hydrogens is 368 g/mol. The second-order valence-corrected chi connectivity index (χ2v) is 8.88. The van der Waals surface area contributed by atoms with Gasteiger partial charge in [0.15, 0.2) is 0 Å². The Morgan fingerprint density at radius 3 is 2.62 bits per heavy atom. The minimum atomic E-state index is -0.603. The van der Waals surface area contributed by atoms with Crippen molar-refractivity contribution in [3.8, 4) is 0 Å². The fraction of sp³-hybridized carbons (Fsp3) is 0.522. The predicted molar refractivity (Wildman–Crippen MR) is 111 cm³/mol. The maximum Gasteiger partial charge on any atom is 0.329 e. The number of esters is 1. The number of fused-ring (bicyclic) bond motifs is 1. The molecule has 156 valence electrons. The normalized spacial score (nSPS) is 23.8. The van der Waals surface area contributed by atoms with Crippen LogP contribution in [-0.4, -0.2) is 40.4 Å². The first-order chi connectivity index (χ1) is 13.7. The van der Waals surface area contributed by atoms with E-state index in [1.54, 1.807) is 29.2 Å². The van der Waals surface area contributed by atoms with Gasteiger partial charge in [0, 0.05) is 17.3 Å². The molecule has 6 nitrogen and oxygen atoms in total. The van der Waals surface area contributed by atoms with E-state index in [9.17, 15) is 14.4 Å². The predicted octanol–water partition coefficient (Wildman–Crippen LogP) is 3.93. The minimum Gasteiger partial charge on any atom is -0.458 e. The van der Waals surface area contributed by atoms with E-state index < -0.39 is 11.6 Å². The zero-order chi connectivity index (χ0) is 21.2. The van der Waals surface area contributed by atoms with E-state index >= 15 is 0 Å². The average Bonchev–Trinajstić information content (AvgIpc) is 3.06. The molecule has 0 bridgehead atoms. The molecule has 3 rings (SSSR count). The number of carbonyl (C=O) groups is 3. The van der Waals surface area contributed by atoms with Gasteiger partial charge < -0.3 is 15.0 Å². The summed E-state index contributed by atoms with van der Waals surface area (Å²) in [6, 6.07) is 6.29. The Morgan fingerprint density at radius 2 is 1.93 bits per heavy atom. The summed E-state index contributed by atoms with van der Waals surface area (Å²) in [4.78, 5) is 39.7. The van der Waals surface area contributed by atoms with Gasteiger partial charge in [0.25, 0.3) is 5.91 Å². The van der Waals surface area contributed by atoms with Gasteiger partial charge in [-0.3, -0.25) is 9.59 Å². The standard InChI is InChI=1S/C23H30N2O4/c1-5-20(26)24-17-11-8-10-16(13-17)21(27)25-18-12-7-6-9-15(18)14-19(25)22(28)29-23(2,3)4/h5,8,10-11,13,15,18-19H,1,6-7,9,12,14H2,2-4H3,(H,24,26)/t15-,18-,19-/m0/s1. The van der Waals surface area contributed by atoms with Crippen LogP contribution >= 0.6 is 0 Å². The number of likely N-dealkylation sites (tertiary alicyclic amines) is 1. The third-order valence-corrected chi connectivity index (χ3v) is 5.56. The monoisotopic (exact) mass is 398 g/mol. The molecule has 0 unspecified atom stereocenters. The van der Waals surface area contributed by atoms with Crippen LogP contribution in [0.15, 0.2) is 36.9 Å². The third-order valence-electron chi connectivity index (χ3n) is 5.56. The van der Waals surface area contributed by atoms with Crippen molar-refractivity contribution >= 4 is 23.5 Å². The molecule has 1 saturated carbocycles. The summed E-state index contributed by atoms with van der Waals surface area (Å²) in [5.41, 5.74) is 0.370. The number of anilines is 1. The highest BCUT2D eigenvalue weighted by Gasteiger charge is 2.48. The lowest BCUT2D eigenvalue weighted by molar-refractivity contribution is -0.159. The molecule has 1 aliphatic carbocycles. The molecule has 3 atom stereocenters. The second kappa shape index (κ2) is 8.39.